The first-order valence-electron chi connectivity index (χ1n) is 7.53. The average molecular weight is 343 g/mol. The van der Waals surface area contributed by atoms with Gasteiger partial charge in [-0.05, 0) is 30.4 Å². The predicted molar refractivity (Wildman–Crippen MR) is 90.7 cm³/mol. The Morgan fingerprint density at radius 3 is 2.71 bits per heavy atom. The zero-order chi connectivity index (χ0) is 16.9. The van der Waals surface area contributed by atoms with E-state index in [-0.39, 0.29) is 6.04 Å². The van der Waals surface area contributed by atoms with Gasteiger partial charge in [0, 0.05) is 0 Å². The lowest BCUT2D eigenvalue weighted by molar-refractivity contribution is -0.139. The van der Waals surface area contributed by atoms with Crippen molar-refractivity contribution < 1.29 is 14.3 Å². The molecular weight excluding hydrogens is 326 g/mol. The molecule has 24 heavy (non-hydrogen) atoms. The third kappa shape index (κ3) is 3.87. The van der Waals surface area contributed by atoms with Crippen molar-refractivity contribution in [3.05, 3.63) is 59.3 Å². The molecule has 0 saturated heterocycles. The maximum atomic E-state index is 11.5. The van der Waals surface area contributed by atoms with Crippen LogP contribution in [0.2, 0.25) is 0 Å². The number of carboxylic acids is 1. The van der Waals surface area contributed by atoms with Crippen LogP contribution in [0.1, 0.15) is 24.4 Å². The molecule has 3 rings (SSSR count). The summed E-state index contributed by atoms with van der Waals surface area (Å²) in [5.41, 5.74) is 0.953. The molecule has 2 heterocycles. The van der Waals surface area contributed by atoms with Crippen LogP contribution < -0.4 is 5.32 Å². The van der Waals surface area contributed by atoms with E-state index in [1.807, 2.05) is 54.8 Å². The van der Waals surface area contributed by atoms with Gasteiger partial charge in [-0.3, -0.25) is 10.1 Å². The highest BCUT2D eigenvalue weighted by Gasteiger charge is 2.23. The van der Waals surface area contributed by atoms with Gasteiger partial charge in [-0.25, -0.2) is 0 Å². The molecule has 6 nitrogen and oxygen atoms in total. The summed E-state index contributed by atoms with van der Waals surface area (Å²) >= 11 is 1.51. The maximum absolute atomic E-state index is 11.5. The molecule has 3 aromatic rings. The van der Waals surface area contributed by atoms with E-state index in [1.165, 1.54) is 11.3 Å². The molecule has 0 fully saturated rings. The molecule has 0 aliphatic rings. The van der Waals surface area contributed by atoms with Gasteiger partial charge >= 0.3 is 5.97 Å². The third-order valence-corrected chi connectivity index (χ3v) is 4.43. The lowest BCUT2D eigenvalue weighted by atomic mass is 10.1. The zero-order valence-electron chi connectivity index (χ0n) is 13.0. The number of carbonyl (C=O) groups is 1. The maximum Gasteiger partial charge on any atom is 0.321 e. The Balaban J connectivity index is 1.69. The minimum Gasteiger partial charge on any atom is -0.480 e. The second-order valence-corrected chi connectivity index (χ2v) is 6.34. The molecule has 2 N–H and O–H groups in total. The molecule has 0 saturated carbocycles. The fourth-order valence-electron chi connectivity index (χ4n) is 2.35. The predicted octanol–water partition coefficient (Wildman–Crippen LogP) is 3.14. The number of thiophene rings is 1. The van der Waals surface area contributed by atoms with Crippen LogP contribution in [-0.2, 0) is 11.2 Å². The van der Waals surface area contributed by atoms with Crippen LogP contribution in [0.5, 0.6) is 0 Å². The van der Waals surface area contributed by atoms with Gasteiger partial charge in [0.15, 0.2) is 0 Å². The van der Waals surface area contributed by atoms with Gasteiger partial charge in [0.05, 0.1) is 10.9 Å². The molecule has 0 aliphatic carbocycles. The van der Waals surface area contributed by atoms with Gasteiger partial charge in [-0.1, -0.05) is 36.4 Å². The number of hydrogen-bond acceptors (Lipinski definition) is 6. The summed E-state index contributed by atoms with van der Waals surface area (Å²) in [5.74, 6) is -0.0926. The van der Waals surface area contributed by atoms with E-state index in [1.54, 1.807) is 0 Å². The van der Waals surface area contributed by atoms with Gasteiger partial charge in [0.25, 0.3) is 5.89 Å². The standard InChI is InChI=1S/C17H17N3O3S/c1-11(15-19-20-16(23-15)14-8-5-9-24-14)18-13(17(21)22)10-12-6-3-2-4-7-12/h2-9,11,13,18H,10H2,1H3,(H,21,22)/t11?,13-/m1/s1. The van der Waals surface area contributed by atoms with Crippen molar-refractivity contribution in [1.29, 1.82) is 0 Å². The number of rotatable bonds is 7. The van der Waals surface area contributed by atoms with Crippen molar-refractivity contribution in [2.24, 2.45) is 0 Å². The van der Waals surface area contributed by atoms with Gasteiger partial charge in [-0.15, -0.1) is 21.5 Å². The van der Waals surface area contributed by atoms with E-state index < -0.39 is 12.0 Å². The summed E-state index contributed by atoms with van der Waals surface area (Å²) in [4.78, 5) is 12.4. The van der Waals surface area contributed by atoms with E-state index in [0.29, 0.717) is 18.2 Å². The highest BCUT2D eigenvalue weighted by Crippen LogP contribution is 2.25. The fourth-order valence-corrected chi connectivity index (χ4v) is 2.99. The topological polar surface area (TPSA) is 88.2 Å². The van der Waals surface area contributed by atoms with Crippen LogP contribution in [0, 0.1) is 0 Å². The van der Waals surface area contributed by atoms with Crippen molar-refractivity contribution in [3.8, 4) is 10.8 Å². The summed E-state index contributed by atoms with van der Waals surface area (Å²) < 4.78 is 5.65. The first kappa shape index (κ1) is 16.4. The Morgan fingerprint density at radius 1 is 1.25 bits per heavy atom. The van der Waals surface area contributed by atoms with Crippen molar-refractivity contribution in [3.63, 3.8) is 0 Å². The van der Waals surface area contributed by atoms with Crippen LogP contribution in [0.3, 0.4) is 0 Å². The van der Waals surface area contributed by atoms with Gasteiger partial charge in [-0.2, -0.15) is 0 Å². The number of hydrogen-bond donors (Lipinski definition) is 2. The van der Waals surface area contributed by atoms with Crippen LogP contribution in [0.4, 0.5) is 0 Å². The van der Waals surface area contributed by atoms with E-state index in [9.17, 15) is 9.90 Å². The molecule has 2 aromatic heterocycles. The summed E-state index contributed by atoms with van der Waals surface area (Å²) in [5, 5.41) is 22.5. The fraction of sp³-hybridized carbons (Fsp3) is 0.235. The van der Waals surface area contributed by atoms with Crippen LogP contribution in [0.15, 0.2) is 52.3 Å². The third-order valence-electron chi connectivity index (χ3n) is 3.57. The van der Waals surface area contributed by atoms with Gasteiger partial charge in [0.2, 0.25) is 5.89 Å². The molecule has 1 aromatic carbocycles. The lowest BCUT2D eigenvalue weighted by Crippen LogP contribution is -2.40. The molecule has 2 atom stereocenters. The molecule has 0 spiro atoms. The number of carboxylic acid groups (broad SMARTS) is 1. The summed E-state index contributed by atoms with van der Waals surface area (Å²) in [6.07, 6.45) is 0.381. The average Bonchev–Trinajstić information content (AvgIpc) is 3.26. The van der Waals surface area contributed by atoms with E-state index >= 15 is 0 Å². The van der Waals surface area contributed by atoms with Crippen molar-refractivity contribution in [2.45, 2.75) is 25.4 Å². The van der Waals surface area contributed by atoms with Crippen molar-refractivity contribution >= 4 is 17.3 Å². The zero-order valence-corrected chi connectivity index (χ0v) is 13.9. The largest absolute Gasteiger partial charge is 0.480 e. The Hall–Kier alpha value is -2.51. The SMILES string of the molecule is CC(N[C@H](Cc1ccccc1)C(=O)O)c1nnc(-c2cccs2)o1. The summed E-state index contributed by atoms with van der Waals surface area (Å²) in [6, 6.07) is 12.2. The quantitative estimate of drug-likeness (QED) is 0.685. The number of nitrogens with one attached hydrogen (secondary N) is 1. The number of nitrogens with zero attached hydrogens (tertiary/aromatic N) is 2. The highest BCUT2D eigenvalue weighted by atomic mass is 32.1. The molecule has 124 valence electrons. The minimum absolute atomic E-state index is 0.365. The first-order chi connectivity index (χ1) is 11.6. The molecule has 7 heteroatoms. The summed E-state index contributed by atoms with van der Waals surface area (Å²) in [6.45, 7) is 1.81. The van der Waals surface area contributed by atoms with Crippen LogP contribution in [0.25, 0.3) is 10.8 Å². The van der Waals surface area contributed by atoms with Crippen molar-refractivity contribution in [2.75, 3.05) is 0 Å². The first-order valence-corrected chi connectivity index (χ1v) is 8.41. The monoisotopic (exact) mass is 343 g/mol. The second kappa shape index (κ2) is 7.37. The smallest absolute Gasteiger partial charge is 0.321 e. The molecule has 0 aliphatic heterocycles. The molecule has 0 amide bonds. The Kier molecular flexibility index (Phi) is 5.02. The minimum atomic E-state index is -0.913. The normalized spacial score (nSPS) is 13.5. The van der Waals surface area contributed by atoms with Crippen LogP contribution in [-0.4, -0.2) is 27.3 Å². The van der Waals surface area contributed by atoms with E-state index in [2.05, 4.69) is 15.5 Å². The highest BCUT2D eigenvalue weighted by molar-refractivity contribution is 7.13. The lowest BCUT2D eigenvalue weighted by Gasteiger charge is -2.17. The van der Waals surface area contributed by atoms with Gasteiger partial charge < -0.3 is 9.52 Å². The number of aromatic nitrogens is 2. The van der Waals surface area contributed by atoms with Crippen molar-refractivity contribution in [1.82, 2.24) is 15.5 Å². The Labute approximate surface area is 143 Å². The Morgan fingerprint density at radius 2 is 2.04 bits per heavy atom. The number of benzene rings is 1. The molecule has 0 bridgehead atoms. The Bertz CT molecular complexity index is 787. The molecule has 0 radical (unpaired) electrons. The van der Waals surface area contributed by atoms with E-state index in [4.69, 9.17) is 4.42 Å². The van der Waals surface area contributed by atoms with Crippen LogP contribution >= 0.6 is 11.3 Å². The second-order valence-electron chi connectivity index (χ2n) is 5.39. The van der Waals surface area contributed by atoms with Gasteiger partial charge in [0.1, 0.15) is 6.04 Å². The summed E-state index contributed by atoms with van der Waals surface area (Å²) in [7, 11) is 0. The van der Waals surface area contributed by atoms with E-state index in [0.717, 1.165) is 10.4 Å². The molecular formula is C17H17N3O3S. The molecule has 1 unspecified atom stereocenters. The number of aliphatic carboxylic acids is 1.